The third-order valence-corrected chi connectivity index (χ3v) is 5.27. The Morgan fingerprint density at radius 1 is 0.968 bits per heavy atom. The van der Waals surface area contributed by atoms with E-state index in [1.165, 1.54) is 6.92 Å². The highest BCUT2D eigenvalue weighted by atomic mass is 35.5. The minimum absolute atomic E-state index is 0.111. The van der Waals surface area contributed by atoms with Crippen LogP contribution in [0.25, 0.3) is 11.1 Å². The Bertz CT molecular complexity index is 1020. The molecule has 0 aliphatic rings. The van der Waals surface area contributed by atoms with Crippen molar-refractivity contribution in [2.75, 3.05) is 0 Å². The first-order valence-electron chi connectivity index (χ1n) is 9.97. The summed E-state index contributed by atoms with van der Waals surface area (Å²) in [6, 6.07) is 23.0. The number of rotatable bonds is 9. The number of carbonyl (C=O) groups is 2. The monoisotopic (exact) mass is 437 g/mol. The Kier molecular flexibility index (Phi) is 7.82. The van der Waals surface area contributed by atoms with Gasteiger partial charge in [0.15, 0.2) is 0 Å². The van der Waals surface area contributed by atoms with Crippen molar-refractivity contribution < 1.29 is 19.4 Å². The number of esters is 1. The predicted octanol–water partition coefficient (Wildman–Crippen LogP) is 4.72. The highest BCUT2D eigenvalue weighted by Gasteiger charge is 2.26. The fourth-order valence-corrected chi connectivity index (χ4v) is 3.41. The Balaban J connectivity index is 1.75. The SMILES string of the molecule is C[C@H](N[C@@H](Cc1ccc(-c2ccccc2)cc1Cl)C(=O)OCc1ccccc1)C(=O)O. The van der Waals surface area contributed by atoms with Crippen LogP contribution in [0.3, 0.4) is 0 Å². The zero-order valence-electron chi connectivity index (χ0n) is 17.1. The number of hydrogen-bond donors (Lipinski definition) is 2. The molecule has 0 unspecified atom stereocenters. The highest BCUT2D eigenvalue weighted by Crippen LogP contribution is 2.26. The minimum atomic E-state index is -1.05. The number of carboxylic acid groups (broad SMARTS) is 1. The number of nitrogens with one attached hydrogen (secondary N) is 1. The van der Waals surface area contributed by atoms with Crippen LogP contribution in [0, 0.1) is 0 Å². The molecule has 0 aromatic heterocycles. The van der Waals surface area contributed by atoms with Crippen LogP contribution < -0.4 is 5.32 Å². The summed E-state index contributed by atoms with van der Waals surface area (Å²) in [6.45, 7) is 1.60. The molecule has 31 heavy (non-hydrogen) atoms. The summed E-state index contributed by atoms with van der Waals surface area (Å²) in [6.07, 6.45) is 0.207. The molecular formula is C25H24ClNO4. The Labute approximate surface area is 186 Å². The van der Waals surface area contributed by atoms with Gasteiger partial charge in [-0.2, -0.15) is 0 Å². The van der Waals surface area contributed by atoms with Gasteiger partial charge >= 0.3 is 11.9 Å². The van der Waals surface area contributed by atoms with E-state index in [1.807, 2.05) is 78.9 Å². The molecular weight excluding hydrogens is 414 g/mol. The van der Waals surface area contributed by atoms with Crippen molar-refractivity contribution in [3.8, 4) is 11.1 Å². The van der Waals surface area contributed by atoms with E-state index in [1.54, 1.807) is 0 Å². The maximum Gasteiger partial charge on any atom is 0.323 e. The van der Waals surface area contributed by atoms with Crippen molar-refractivity contribution in [2.45, 2.75) is 32.0 Å². The van der Waals surface area contributed by atoms with Gasteiger partial charge in [0.25, 0.3) is 0 Å². The number of benzene rings is 3. The second kappa shape index (κ2) is 10.8. The predicted molar refractivity (Wildman–Crippen MR) is 121 cm³/mol. The van der Waals surface area contributed by atoms with Gasteiger partial charge in [0, 0.05) is 5.02 Å². The average molecular weight is 438 g/mol. The first-order chi connectivity index (χ1) is 14.9. The number of halogens is 1. The average Bonchev–Trinajstić information content (AvgIpc) is 2.79. The lowest BCUT2D eigenvalue weighted by Gasteiger charge is -2.21. The zero-order valence-corrected chi connectivity index (χ0v) is 17.9. The molecule has 0 aliphatic heterocycles. The molecule has 0 heterocycles. The molecule has 0 fully saturated rings. The standard InChI is InChI=1S/C25H24ClNO4/c1-17(24(28)29)27-23(25(30)31-16-18-8-4-2-5-9-18)15-21-13-12-20(14-22(21)26)19-10-6-3-7-11-19/h2-14,17,23,27H,15-16H2,1H3,(H,28,29)/t17-,23-/m0/s1. The molecule has 5 nitrogen and oxygen atoms in total. The number of aliphatic carboxylic acids is 1. The molecule has 0 bridgehead atoms. The van der Waals surface area contributed by atoms with E-state index in [-0.39, 0.29) is 13.0 Å². The second-order valence-corrected chi connectivity index (χ2v) is 7.66. The summed E-state index contributed by atoms with van der Waals surface area (Å²) in [5, 5.41) is 12.6. The summed E-state index contributed by atoms with van der Waals surface area (Å²) >= 11 is 6.50. The van der Waals surface area contributed by atoms with Gasteiger partial charge in [0.1, 0.15) is 18.7 Å². The van der Waals surface area contributed by atoms with E-state index in [2.05, 4.69) is 5.32 Å². The van der Waals surface area contributed by atoms with Crippen LogP contribution in [0.4, 0.5) is 0 Å². The van der Waals surface area contributed by atoms with E-state index >= 15 is 0 Å². The van der Waals surface area contributed by atoms with Crippen molar-refractivity contribution in [3.05, 3.63) is 95.0 Å². The summed E-state index contributed by atoms with van der Waals surface area (Å²) in [5.74, 6) is -1.58. The van der Waals surface area contributed by atoms with Gasteiger partial charge in [0.05, 0.1) is 0 Å². The molecule has 6 heteroatoms. The molecule has 0 aliphatic carbocycles. The largest absolute Gasteiger partial charge is 0.480 e. The molecule has 0 spiro atoms. The smallest absolute Gasteiger partial charge is 0.323 e. The summed E-state index contributed by atoms with van der Waals surface area (Å²) in [7, 11) is 0. The quantitative estimate of drug-likeness (QED) is 0.473. The van der Waals surface area contributed by atoms with Crippen LogP contribution in [-0.4, -0.2) is 29.1 Å². The van der Waals surface area contributed by atoms with Crippen molar-refractivity contribution >= 4 is 23.5 Å². The molecule has 2 N–H and O–H groups in total. The fourth-order valence-electron chi connectivity index (χ4n) is 3.16. The van der Waals surface area contributed by atoms with E-state index < -0.39 is 24.0 Å². The minimum Gasteiger partial charge on any atom is -0.480 e. The van der Waals surface area contributed by atoms with Gasteiger partial charge < -0.3 is 9.84 Å². The van der Waals surface area contributed by atoms with Crippen LogP contribution >= 0.6 is 11.6 Å². The molecule has 0 saturated carbocycles. The molecule has 3 aromatic carbocycles. The third kappa shape index (κ3) is 6.41. The zero-order chi connectivity index (χ0) is 22.2. The lowest BCUT2D eigenvalue weighted by Crippen LogP contribution is -2.47. The van der Waals surface area contributed by atoms with E-state index in [0.717, 1.165) is 22.3 Å². The molecule has 160 valence electrons. The third-order valence-electron chi connectivity index (χ3n) is 4.91. The van der Waals surface area contributed by atoms with Crippen molar-refractivity contribution in [1.29, 1.82) is 0 Å². The van der Waals surface area contributed by atoms with E-state index in [4.69, 9.17) is 16.3 Å². The van der Waals surface area contributed by atoms with Crippen molar-refractivity contribution in [2.24, 2.45) is 0 Å². The first-order valence-corrected chi connectivity index (χ1v) is 10.3. The van der Waals surface area contributed by atoms with E-state index in [0.29, 0.717) is 5.02 Å². The van der Waals surface area contributed by atoms with Crippen LogP contribution in [0.5, 0.6) is 0 Å². The van der Waals surface area contributed by atoms with Crippen molar-refractivity contribution in [3.63, 3.8) is 0 Å². The number of ether oxygens (including phenoxy) is 1. The molecule has 3 aromatic rings. The molecule has 0 amide bonds. The van der Waals surface area contributed by atoms with Gasteiger partial charge in [-0.15, -0.1) is 0 Å². The Morgan fingerprint density at radius 2 is 1.61 bits per heavy atom. The van der Waals surface area contributed by atoms with Crippen LogP contribution in [-0.2, 0) is 27.4 Å². The normalized spacial score (nSPS) is 12.7. The Morgan fingerprint density at radius 3 is 2.23 bits per heavy atom. The molecule has 2 atom stereocenters. The second-order valence-electron chi connectivity index (χ2n) is 7.25. The van der Waals surface area contributed by atoms with Crippen molar-refractivity contribution in [1.82, 2.24) is 5.32 Å². The Hall–Kier alpha value is -3.15. The maximum atomic E-state index is 12.8. The topological polar surface area (TPSA) is 75.6 Å². The molecule has 3 rings (SSSR count). The highest BCUT2D eigenvalue weighted by molar-refractivity contribution is 6.31. The summed E-state index contributed by atoms with van der Waals surface area (Å²) in [4.78, 5) is 24.1. The van der Waals surface area contributed by atoms with Gasteiger partial charge in [-0.1, -0.05) is 84.4 Å². The number of carbonyl (C=O) groups excluding carboxylic acids is 1. The summed E-state index contributed by atoms with van der Waals surface area (Å²) < 4.78 is 5.44. The summed E-state index contributed by atoms with van der Waals surface area (Å²) in [5.41, 5.74) is 3.58. The maximum absolute atomic E-state index is 12.8. The lowest BCUT2D eigenvalue weighted by molar-refractivity contribution is -0.148. The number of carboxylic acids is 1. The van der Waals surface area contributed by atoms with Gasteiger partial charge in [-0.3, -0.25) is 14.9 Å². The lowest BCUT2D eigenvalue weighted by atomic mass is 10.00. The molecule has 0 radical (unpaired) electrons. The van der Waals surface area contributed by atoms with Gasteiger partial charge in [-0.25, -0.2) is 0 Å². The molecule has 0 saturated heterocycles. The van der Waals surface area contributed by atoms with Crippen LogP contribution in [0.2, 0.25) is 5.02 Å². The first kappa shape index (κ1) is 22.5. The van der Waals surface area contributed by atoms with Crippen LogP contribution in [0.15, 0.2) is 78.9 Å². The van der Waals surface area contributed by atoms with Gasteiger partial charge in [0.2, 0.25) is 0 Å². The number of hydrogen-bond acceptors (Lipinski definition) is 4. The van der Waals surface area contributed by atoms with Crippen LogP contribution in [0.1, 0.15) is 18.1 Å². The fraction of sp³-hybridized carbons (Fsp3) is 0.200. The van der Waals surface area contributed by atoms with Gasteiger partial charge in [-0.05, 0) is 41.7 Å². The van der Waals surface area contributed by atoms with E-state index in [9.17, 15) is 14.7 Å².